The zero-order valence-corrected chi connectivity index (χ0v) is 18.2. The highest BCUT2D eigenvalue weighted by Gasteiger charge is 2.22. The first kappa shape index (κ1) is 23.2. The van der Waals surface area contributed by atoms with E-state index in [2.05, 4.69) is 5.32 Å². The van der Waals surface area contributed by atoms with Crippen LogP contribution in [0.25, 0.3) is 10.8 Å². The van der Waals surface area contributed by atoms with E-state index in [4.69, 9.17) is 14.2 Å². The maximum absolute atomic E-state index is 12.3. The lowest BCUT2D eigenvalue weighted by Gasteiger charge is -2.12. The summed E-state index contributed by atoms with van der Waals surface area (Å²) >= 11 is 0. The van der Waals surface area contributed by atoms with Gasteiger partial charge in [-0.15, -0.1) is 0 Å². The highest BCUT2D eigenvalue weighted by Crippen LogP contribution is 2.26. The van der Waals surface area contributed by atoms with Gasteiger partial charge in [-0.05, 0) is 47.5 Å². The number of phenolic OH excluding ortho intramolecular Hbond substituents is 1. The van der Waals surface area contributed by atoms with Crippen molar-refractivity contribution in [2.24, 2.45) is 0 Å². The Bertz CT molecular complexity index is 1070. The third-order valence-electron chi connectivity index (χ3n) is 5.09. The van der Waals surface area contributed by atoms with Crippen LogP contribution in [-0.4, -0.2) is 50.5 Å². The van der Waals surface area contributed by atoms with Gasteiger partial charge in [0.2, 0.25) is 0 Å². The molecule has 0 spiro atoms. The smallest absolute Gasteiger partial charge is 0.349 e. The average Bonchev–Trinajstić information content (AvgIpc) is 2.84. The number of hydrogen-bond donors (Lipinski definition) is 2. The summed E-state index contributed by atoms with van der Waals surface area (Å²) in [6.07, 6.45) is 0. The number of methoxy groups -OCH3 is 1. The Balaban J connectivity index is 0.000000416. The molecule has 1 atom stereocenters. The average molecular weight is 437 g/mol. The van der Waals surface area contributed by atoms with Crippen LogP contribution in [0.5, 0.6) is 11.5 Å². The van der Waals surface area contributed by atoms with Crippen molar-refractivity contribution >= 4 is 22.7 Å². The lowest BCUT2D eigenvalue weighted by atomic mass is 9.98. The van der Waals surface area contributed by atoms with Crippen LogP contribution in [0, 0.1) is 0 Å². The molecule has 0 radical (unpaired) electrons. The molecule has 7 heteroatoms. The molecule has 2 N–H and O–H groups in total. The number of esters is 2. The number of fused-ring (bicyclic) bond motifs is 1. The minimum atomic E-state index is -0.870. The molecule has 1 heterocycles. The molecule has 3 aromatic carbocycles. The topological polar surface area (TPSA) is 94.1 Å². The minimum Gasteiger partial charge on any atom is -0.507 e. The predicted molar refractivity (Wildman–Crippen MR) is 121 cm³/mol. The number of morpholine rings is 1. The molecule has 1 fully saturated rings. The number of phenols is 1. The monoisotopic (exact) mass is 437 g/mol. The third kappa shape index (κ3) is 6.06. The first-order valence-electron chi connectivity index (χ1n) is 10.4. The van der Waals surface area contributed by atoms with Crippen molar-refractivity contribution in [3.05, 3.63) is 71.8 Å². The Labute approximate surface area is 186 Å². The van der Waals surface area contributed by atoms with Gasteiger partial charge in [-0.1, -0.05) is 36.4 Å². The fraction of sp³-hybridized carbons (Fsp3) is 0.280. The summed E-state index contributed by atoms with van der Waals surface area (Å²) in [5.74, 6) is -1.64. The van der Waals surface area contributed by atoms with E-state index in [9.17, 15) is 14.7 Å². The SMILES string of the molecule is C1COCCN1.COc1ccc2cc([C@H](C)C(=O)OC(=O)c3ccccc3O)ccc2c1. The highest BCUT2D eigenvalue weighted by atomic mass is 16.6. The number of benzene rings is 3. The van der Waals surface area contributed by atoms with Crippen molar-refractivity contribution < 1.29 is 28.9 Å². The fourth-order valence-electron chi connectivity index (χ4n) is 3.17. The number of hydrogen-bond acceptors (Lipinski definition) is 7. The van der Waals surface area contributed by atoms with Crippen molar-refractivity contribution in [2.75, 3.05) is 33.4 Å². The molecule has 1 aliphatic rings. The number of carbonyl (C=O) groups excluding carboxylic acids is 2. The standard InChI is InChI=1S/C21H18O5.C4H9NO/c1-13(20(23)26-21(24)18-5-3-4-6-19(18)22)14-7-8-16-12-17(25-2)10-9-15(16)11-14;1-3-6-4-2-5-1/h3-13,22H,1-2H3;5H,1-4H2/t13-;/m0./s1. The largest absolute Gasteiger partial charge is 0.507 e. The van der Waals surface area contributed by atoms with Gasteiger partial charge >= 0.3 is 11.9 Å². The Morgan fingerprint density at radius 2 is 1.69 bits per heavy atom. The van der Waals surface area contributed by atoms with Gasteiger partial charge in [-0.3, -0.25) is 4.79 Å². The van der Waals surface area contributed by atoms with E-state index >= 15 is 0 Å². The molecule has 7 nitrogen and oxygen atoms in total. The molecular weight excluding hydrogens is 410 g/mol. The second kappa shape index (κ2) is 11.3. The molecule has 168 valence electrons. The number of ether oxygens (including phenoxy) is 3. The summed E-state index contributed by atoms with van der Waals surface area (Å²) in [5, 5.41) is 14.8. The Kier molecular flexibility index (Phi) is 8.19. The van der Waals surface area contributed by atoms with Crippen LogP contribution in [0.15, 0.2) is 60.7 Å². The molecule has 0 bridgehead atoms. The van der Waals surface area contributed by atoms with E-state index < -0.39 is 17.9 Å². The molecule has 4 rings (SSSR count). The maximum atomic E-state index is 12.3. The first-order valence-corrected chi connectivity index (χ1v) is 10.4. The molecule has 0 saturated carbocycles. The molecule has 0 aliphatic carbocycles. The Morgan fingerprint density at radius 3 is 2.31 bits per heavy atom. The third-order valence-corrected chi connectivity index (χ3v) is 5.09. The lowest BCUT2D eigenvalue weighted by molar-refractivity contribution is -0.139. The van der Waals surface area contributed by atoms with E-state index in [0.717, 1.165) is 48.4 Å². The molecule has 0 aromatic heterocycles. The highest BCUT2D eigenvalue weighted by molar-refractivity contribution is 6.00. The van der Waals surface area contributed by atoms with Crippen molar-refractivity contribution in [1.82, 2.24) is 5.32 Å². The first-order chi connectivity index (χ1) is 15.5. The Morgan fingerprint density at radius 1 is 1.00 bits per heavy atom. The summed E-state index contributed by atoms with van der Waals surface area (Å²) < 4.78 is 15.1. The number of nitrogens with one attached hydrogen (secondary N) is 1. The fourth-order valence-corrected chi connectivity index (χ4v) is 3.17. The summed E-state index contributed by atoms with van der Waals surface area (Å²) in [5.41, 5.74) is 0.691. The number of aromatic hydroxyl groups is 1. The summed E-state index contributed by atoms with van der Waals surface area (Å²) in [4.78, 5) is 24.4. The van der Waals surface area contributed by atoms with E-state index in [-0.39, 0.29) is 11.3 Å². The van der Waals surface area contributed by atoms with Gasteiger partial charge in [0.1, 0.15) is 17.1 Å². The van der Waals surface area contributed by atoms with Gasteiger partial charge in [0.05, 0.1) is 26.2 Å². The normalized spacial score (nSPS) is 14.1. The van der Waals surface area contributed by atoms with E-state index in [1.165, 1.54) is 12.1 Å². The van der Waals surface area contributed by atoms with Crippen molar-refractivity contribution in [3.63, 3.8) is 0 Å². The van der Waals surface area contributed by atoms with E-state index in [1.54, 1.807) is 26.2 Å². The van der Waals surface area contributed by atoms with E-state index in [1.807, 2.05) is 36.4 Å². The number of para-hydroxylation sites is 1. The van der Waals surface area contributed by atoms with Crippen molar-refractivity contribution in [1.29, 1.82) is 0 Å². The van der Waals surface area contributed by atoms with Crippen molar-refractivity contribution in [2.45, 2.75) is 12.8 Å². The van der Waals surface area contributed by atoms with Gasteiger partial charge in [-0.25, -0.2) is 4.79 Å². The van der Waals surface area contributed by atoms with Crippen LogP contribution in [0.3, 0.4) is 0 Å². The molecule has 32 heavy (non-hydrogen) atoms. The number of carbonyl (C=O) groups is 2. The predicted octanol–water partition coefficient (Wildman–Crippen LogP) is 3.65. The molecular formula is C25H27NO6. The number of rotatable bonds is 4. The van der Waals surface area contributed by atoms with Crippen LogP contribution in [0.4, 0.5) is 0 Å². The quantitative estimate of drug-likeness (QED) is 0.475. The lowest BCUT2D eigenvalue weighted by Crippen LogP contribution is -2.30. The van der Waals surface area contributed by atoms with Gasteiger partial charge in [0.15, 0.2) is 0 Å². The van der Waals surface area contributed by atoms with Gasteiger partial charge in [-0.2, -0.15) is 0 Å². The van der Waals surface area contributed by atoms with Crippen LogP contribution in [0.1, 0.15) is 28.8 Å². The molecule has 0 amide bonds. The summed E-state index contributed by atoms with van der Waals surface area (Å²) in [6.45, 7) is 5.51. The minimum absolute atomic E-state index is 0.0429. The molecule has 0 unspecified atom stereocenters. The molecule has 1 aliphatic heterocycles. The molecule has 1 saturated heterocycles. The van der Waals surface area contributed by atoms with Gasteiger partial charge in [0.25, 0.3) is 0 Å². The maximum Gasteiger partial charge on any atom is 0.349 e. The van der Waals surface area contributed by atoms with E-state index in [0.29, 0.717) is 0 Å². The molecule has 3 aromatic rings. The van der Waals surface area contributed by atoms with Gasteiger partial charge < -0.3 is 24.6 Å². The second-order valence-corrected chi connectivity index (χ2v) is 7.28. The van der Waals surface area contributed by atoms with Gasteiger partial charge in [0, 0.05) is 13.1 Å². The van der Waals surface area contributed by atoms with Crippen molar-refractivity contribution in [3.8, 4) is 11.5 Å². The van der Waals surface area contributed by atoms with Crippen LogP contribution in [0.2, 0.25) is 0 Å². The van der Waals surface area contributed by atoms with Crippen LogP contribution < -0.4 is 10.1 Å². The van der Waals surface area contributed by atoms with Crippen LogP contribution >= 0.6 is 0 Å². The zero-order chi connectivity index (χ0) is 22.9. The zero-order valence-electron chi connectivity index (χ0n) is 18.2. The summed E-state index contributed by atoms with van der Waals surface area (Å²) in [7, 11) is 1.61. The second-order valence-electron chi connectivity index (χ2n) is 7.28. The summed E-state index contributed by atoms with van der Waals surface area (Å²) in [6, 6.07) is 17.2. The Hall–Kier alpha value is -3.42. The van der Waals surface area contributed by atoms with Crippen LogP contribution in [-0.2, 0) is 14.3 Å².